The fraction of sp³-hybridized carbons (Fsp3) is 0.0435. The number of carbonyl (C=O) groups is 1. The van der Waals surface area contributed by atoms with Crippen molar-refractivity contribution >= 4 is 38.4 Å². The fourth-order valence-electron chi connectivity index (χ4n) is 3.38. The topological polar surface area (TPSA) is 57.8 Å². The predicted molar refractivity (Wildman–Crippen MR) is 115 cm³/mol. The summed E-state index contributed by atoms with van der Waals surface area (Å²) in [5, 5.41) is 6.32. The van der Waals surface area contributed by atoms with Gasteiger partial charge in [-0.05, 0) is 41.3 Å². The Hall–Kier alpha value is -3.44. The lowest BCUT2D eigenvalue weighted by molar-refractivity contribution is 0.0950. The summed E-state index contributed by atoms with van der Waals surface area (Å²) in [6, 6.07) is 23.9. The first-order valence-corrected chi connectivity index (χ1v) is 9.94. The monoisotopic (exact) mass is 383 g/mol. The van der Waals surface area contributed by atoms with E-state index in [4.69, 9.17) is 0 Å². The highest BCUT2D eigenvalue weighted by atomic mass is 32.1. The lowest BCUT2D eigenvalue weighted by Crippen LogP contribution is -2.23. The van der Waals surface area contributed by atoms with Crippen molar-refractivity contribution < 1.29 is 4.79 Å². The Balaban J connectivity index is 1.37. The largest absolute Gasteiger partial charge is 0.345 e. The van der Waals surface area contributed by atoms with E-state index in [0.717, 1.165) is 28.0 Å². The van der Waals surface area contributed by atoms with Gasteiger partial charge in [0.2, 0.25) is 0 Å². The molecule has 0 atom stereocenters. The Morgan fingerprint density at radius 3 is 2.79 bits per heavy atom. The Morgan fingerprint density at radius 2 is 1.86 bits per heavy atom. The van der Waals surface area contributed by atoms with Crippen molar-refractivity contribution in [2.24, 2.45) is 0 Å². The Labute approximate surface area is 165 Å². The number of nitrogens with zero attached hydrogens (tertiary/aromatic N) is 1. The minimum Gasteiger partial charge on any atom is -0.345 e. The maximum Gasteiger partial charge on any atom is 0.251 e. The van der Waals surface area contributed by atoms with E-state index in [-0.39, 0.29) is 5.91 Å². The number of thiophene rings is 1. The zero-order chi connectivity index (χ0) is 18.9. The van der Waals surface area contributed by atoms with Crippen LogP contribution < -0.4 is 5.32 Å². The van der Waals surface area contributed by atoms with E-state index in [9.17, 15) is 4.79 Å². The van der Waals surface area contributed by atoms with Crippen molar-refractivity contribution in [3.63, 3.8) is 0 Å². The predicted octanol–water partition coefficient (Wildman–Crippen LogP) is 5.37. The van der Waals surface area contributed by atoms with E-state index in [0.29, 0.717) is 12.1 Å². The summed E-state index contributed by atoms with van der Waals surface area (Å²) in [6.07, 6.45) is 0. The van der Waals surface area contributed by atoms with Crippen molar-refractivity contribution in [2.75, 3.05) is 0 Å². The summed E-state index contributed by atoms with van der Waals surface area (Å²) in [7, 11) is 0. The van der Waals surface area contributed by atoms with Crippen LogP contribution >= 0.6 is 11.3 Å². The second-order valence-electron chi connectivity index (χ2n) is 6.61. The van der Waals surface area contributed by atoms with Gasteiger partial charge in [0.15, 0.2) is 0 Å². The lowest BCUT2D eigenvalue weighted by atomic mass is 10.0. The molecule has 1 amide bonds. The first-order valence-electron chi connectivity index (χ1n) is 9.06. The van der Waals surface area contributed by atoms with Gasteiger partial charge in [-0.15, -0.1) is 11.3 Å². The third-order valence-electron chi connectivity index (χ3n) is 4.77. The van der Waals surface area contributed by atoms with Crippen LogP contribution in [0.5, 0.6) is 0 Å². The summed E-state index contributed by atoms with van der Waals surface area (Å²) in [5.41, 5.74) is 4.72. The van der Waals surface area contributed by atoms with Crippen LogP contribution in [0.15, 0.2) is 78.2 Å². The molecule has 0 saturated carbocycles. The standard InChI is InChI=1S/C23H17N3OS/c27-23(24-13-22-25-19-9-2-3-10-20(19)26-22)16-7-5-6-15(12-16)18-14-28-21-11-4-1-8-17(18)21/h1-12,14H,13H2,(H,24,27)(H,25,26). The smallest absolute Gasteiger partial charge is 0.251 e. The molecule has 0 unspecified atom stereocenters. The zero-order valence-electron chi connectivity index (χ0n) is 15.0. The van der Waals surface area contributed by atoms with Crippen LogP contribution in [0.4, 0.5) is 0 Å². The third kappa shape index (κ3) is 3.06. The average molecular weight is 383 g/mol. The second kappa shape index (κ2) is 6.94. The molecule has 4 nitrogen and oxygen atoms in total. The highest BCUT2D eigenvalue weighted by Crippen LogP contribution is 2.34. The molecular weight excluding hydrogens is 366 g/mol. The molecule has 5 rings (SSSR count). The first kappa shape index (κ1) is 16.7. The van der Waals surface area contributed by atoms with Crippen LogP contribution in [-0.2, 0) is 6.54 Å². The van der Waals surface area contributed by atoms with Crippen LogP contribution in [0.3, 0.4) is 0 Å². The molecule has 2 N–H and O–H groups in total. The molecule has 2 aromatic heterocycles. The Morgan fingerprint density at radius 1 is 1.00 bits per heavy atom. The summed E-state index contributed by atoms with van der Waals surface area (Å²) >= 11 is 1.72. The Kier molecular flexibility index (Phi) is 4.14. The van der Waals surface area contributed by atoms with E-state index >= 15 is 0 Å². The minimum atomic E-state index is -0.109. The van der Waals surface area contributed by atoms with Crippen LogP contribution in [0.25, 0.3) is 32.2 Å². The molecule has 0 fully saturated rings. The number of H-pyrrole nitrogens is 1. The number of imidazole rings is 1. The van der Waals surface area contributed by atoms with Crippen molar-refractivity contribution in [1.29, 1.82) is 0 Å². The maximum atomic E-state index is 12.7. The lowest BCUT2D eigenvalue weighted by Gasteiger charge is -2.06. The van der Waals surface area contributed by atoms with Crippen molar-refractivity contribution in [1.82, 2.24) is 15.3 Å². The van der Waals surface area contributed by atoms with Gasteiger partial charge in [0.25, 0.3) is 5.91 Å². The summed E-state index contributed by atoms with van der Waals surface area (Å²) in [4.78, 5) is 20.4. The number of rotatable bonds is 4. The van der Waals surface area contributed by atoms with E-state index in [2.05, 4.69) is 32.8 Å². The molecule has 0 aliphatic rings. The van der Waals surface area contributed by atoms with Gasteiger partial charge in [0, 0.05) is 21.2 Å². The van der Waals surface area contributed by atoms with Gasteiger partial charge in [-0.1, -0.05) is 42.5 Å². The molecule has 0 aliphatic carbocycles. The molecule has 0 radical (unpaired) electrons. The number of nitrogens with one attached hydrogen (secondary N) is 2. The van der Waals surface area contributed by atoms with E-state index in [1.165, 1.54) is 10.1 Å². The molecule has 5 aromatic rings. The molecule has 0 spiro atoms. The zero-order valence-corrected chi connectivity index (χ0v) is 15.8. The van der Waals surface area contributed by atoms with Gasteiger partial charge in [-0.2, -0.15) is 0 Å². The molecule has 0 bridgehead atoms. The number of amides is 1. The van der Waals surface area contributed by atoms with Crippen LogP contribution in [0, 0.1) is 0 Å². The number of hydrogen-bond donors (Lipinski definition) is 2. The first-order chi connectivity index (χ1) is 13.8. The number of fused-ring (bicyclic) bond motifs is 2. The number of aromatic nitrogens is 2. The van der Waals surface area contributed by atoms with Gasteiger partial charge in [-0.3, -0.25) is 4.79 Å². The molecule has 3 aromatic carbocycles. The number of hydrogen-bond acceptors (Lipinski definition) is 3. The molecular formula is C23H17N3OS. The van der Waals surface area contributed by atoms with Gasteiger partial charge in [-0.25, -0.2) is 4.98 Å². The quantitative estimate of drug-likeness (QED) is 0.438. The normalized spacial score (nSPS) is 11.1. The summed E-state index contributed by atoms with van der Waals surface area (Å²) < 4.78 is 1.25. The SMILES string of the molecule is O=C(NCc1nc2ccccc2[nH]1)c1cccc(-c2csc3ccccc23)c1. The van der Waals surface area contributed by atoms with E-state index in [1.54, 1.807) is 11.3 Å². The molecule has 5 heteroatoms. The van der Waals surface area contributed by atoms with Gasteiger partial charge < -0.3 is 10.3 Å². The molecule has 0 saturated heterocycles. The molecule has 2 heterocycles. The number of benzene rings is 3. The van der Waals surface area contributed by atoms with Gasteiger partial charge >= 0.3 is 0 Å². The highest BCUT2D eigenvalue weighted by molar-refractivity contribution is 7.17. The Bertz CT molecular complexity index is 1270. The second-order valence-corrected chi connectivity index (χ2v) is 7.52. The number of aromatic amines is 1. The van der Waals surface area contributed by atoms with Gasteiger partial charge in [0.05, 0.1) is 17.6 Å². The third-order valence-corrected chi connectivity index (χ3v) is 5.74. The summed E-state index contributed by atoms with van der Waals surface area (Å²) in [5.74, 6) is 0.636. The van der Waals surface area contributed by atoms with Crippen molar-refractivity contribution in [3.8, 4) is 11.1 Å². The molecule has 28 heavy (non-hydrogen) atoms. The van der Waals surface area contributed by atoms with Crippen molar-refractivity contribution in [2.45, 2.75) is 6.54 Å². The van der Waals surface area contributed by atoms with Gasteiger partial charge in [0.1, 0.15) is 5.82 Å². The van der Waals surface area contributed by atoms with E-state index < -0.39 is 0 Å². The van der Waals surface area contributed by atoms with E-state index in [1.807, 2.05) is 60.7 Å². The number of carbonyl (C=O) groups excluding carboxylic acids is 1. The molecule has 0 aliphatic heterocycles. The minimum absolute atomic E-state index is 0.109. The maximum absolute atomic E-state index is 12.7. The van der Waals surface area contributed by atoms with Crippen LogP contribution in [0.2, 0.25) is 0 Å². The summed E-state index contributed by atoms with van der Waals surface area (Å²) in [6.45, 7) is 0.360. The number of para-hydroxylation sites is 2. The van der Waals surface area contributed by atoms with Crippen molar-refractivity contribution in [3.05, 3.63) is 89.6 Å². The fourth-order valence-corrected chi connectivity index (χ4v) is 4.35. The van der Waals surface area contributed by atoms with Crippen LogP contribution in [-0.4, -0.2) is 15.9 Å². The average Bonchev–Trinajstić information content (AvgIpc) is 3.36. The van der Waals surface area contributed by atoms with Crippen LogP contribution in [0.1, 0.15) is 16.2 Å². The molecule has 136 valence electrons. The highest BCUT2D eigenvalue weighted by Gasteiger charge is 2.11.